The second-order valence-corrected chi connectivity index (χ2v) is 4.44. The van der Waals surface area contributed by atoms with Crippen molar-refractivity contribution in [2.75, 3.05) is 13.6 Å². The summed E-state index contributed by atoms with van der Waals surface area (Å²) in [5, 5.41) is 8.50. The molecule has 1 amide bonds. The molecule has 0 aliphatic heterocycles. The van der Waals surface area contributed by atoms with E-state index in [4.69, 9.17) is 5.11 Å². The summed E-state index contributed by atoms with van der Waals surface area (Å²) < 4.78 is 13.5. The molecule has 0 saturated carbocycles. The number of aliphatic carboxylic acids is 1. The maximum absolute atomic E-state index is 13.1. The summed E-state index contributed by atoms with van der Waals surface area (Å²) in [4.78, 5) is 23.4. The highest BCUT2D eigenvalue weighted by Crippen LogP contribution is 2.16. The van der Waals surface area contributed by atoms with E-state index in [2.05, 4.69) is 15.9 Å². The third-order valence-electron chi connectivity index (χ3n) is 2.12. The number of hydrogen-bond acceptors (Lipinski definition) is 2. The molecule has 4 nitrogen and oxygen atoms in total. The van der Waals surface area contributed by atoms with Crippen molar-refractivity contribution in [3.8, 4) is 0 Å². The molecule has 0 unspecified atom stereocenters. The molecule has 0 aliphatic rings. The molecule has 17 heavy (non-hydrogen) atoms. The van der Waals surface area contributed by atoms with Gasteiger partial charge >= 0.3 is 5.97 Å². The molecule has 1 aromatic rings. The SMILES string of the molecule is CN(CCC(=O)O)C(=O)c1cc(F)cc(Br)c1. The summed E-state index contributed by atoms with van der Waals surface area (Å²) in [7, 11) is 1.48. The van der Waals surface area contributed by atoms with Crippen molar-refractivity contribution in [2.24, 2.45) is 0 Å². The molecule has 0 bridgehead atoms. The van der Waals surface area contributed by atoms with Gasteiger partial charge in [-0.25, -0.2) is 4.39 Å². The van der Waals surface area contributed by atoms with Gasteiger partial charge in [-0.1, -0.05) is 15.9 Å². The number of halogens is 2. The fourth-order valence-corrected chi connectivity index (χ4v) is 1.73. The molecule has 1 N–H and O–H groups in total. The van der Waals surface area contributed by atoms with E-state index in [9.17, 15) is 14.0 Å². The summed E-state index contributed by atoms with van der Waals surface area (Å²) in [5.74, 6) is -1.91. The lowest BCUT2D eigenvalue weighted by Gasteiger charge is -2.16. The highest BCUT2D eigenvalue weighted by Gasteiger charge is 2.14. The average molecular weight is 304 g/mol. The van der Waals surface area contributed by atoms with Gasteiger partial charge in [0.1, 0.15) is 5.82 Å². The van der Waals surface area contributed by atoms with Gasteiger partial charge in [0.25, 0.3) is 5.91 Å². The van der Waals surface area contributed by atoms with Crippen LogP contribution in [0.4, 0.5) is 4.39 Å². The zero-order valence-corrected chi connectivity index (χ0v) is 10.7. The van der Waals surface area contributed by atoms with E-state index in [1.165, 1.54) is 24.1 Å². The van der Waals surface area contributed by atoms with Crippen molar-refractivity contribution in [1.82, 2.24) is 4.90 Å². The molecule has 1 rings (SSSR count). The Morgan fingerprint density at radius 1 is 1.41 bits per heavy atom. The predicted octanol–water partition coefficient (Wildman–Crippen LogP) is 2.13. The zero-order chi connectivity index (χ0) is 13.0. The van der Waals surface area contributed by atoms with Crippen LogP contribution < -0.4 is 0 Å². The first-order valence-electron chi connectivity index (χ1n) is 4.83. The third-order valence-corrected chi connectivity index (χ3v) is 2.58. The van der Waals surface area contributed by atoms with Gasteiger partial charge in [0.2, 0.25) is 0 Å². The van der Waals surface area contributed by atoms with Crippen LogP contribution in [0.3, 0.4) is 0 Å². The lowest BCUT2D eigenvalue weighted by molar-refractivity contribution is -0.137. The Bertz CT molecular complexity index is 430. The molecule has 0 aliphatic carbocycles. The van der Waals surface area contributed by atoms with E-state index < -0.39 is 17.7 Å². The summed E-state index contributed by atoms with van der Waals surface area (Å²) in [5.41, 5.74) is 0.185. The minimum absolute atomic E-state index is 0.0856. The molecule has 0 heterocycles. The number of rotatable bonds is 4. The first-order valence-corrected chi connectivity index (χ1v) is 5.63. The summed E-state index contributed by atoms with van der Waals surface area (Å²) in [6, 6.07) is 3.85. The van der Waals surface area contributed by atoms with E-state index in [1.807, 2.05) is 0 Å². The van der Waals surface area contributed by atoms with Gasteiger partial charge in [-0.2, -0.15) is 0 Å². The highest BCUT2D eigenvalue weighted by atomic mass is 79.9. The number of amides is 1. The minimum Gasteiger partial charge on any atom is -0.481 e. The van der Waals surface area contributed by atoms with Gasteiger partial charge in [0.15, 0.2) is 0 Å². The molecule has 0 radical (unpaired) electrons. The van der Waals surface area contributed by atoms with E-state index in [-0.39, 0.29) is 18.5 Å². The standard InChI is InChI=1S/C11H11BrFNO3/c1-14(3-2-10(15)16)11(17)7-4-8(12)6-9(13)5-7/h4-6H,2-3H2,1H3,(H,15,16). The number of benzene rings is 1. The molecular formula is C11H11BrFNO3. The predicted molar refractivity (Wildman–Crippen MR) is 63.3 cm³/mol. The second-order valence-electron chi connectivity index (χ2n) is 3.53. The molecule has 0 spiro atoms. The monoisotopic (exact) mass is 303 g/mol. The Balaban J connectivity index is 2.77. The fraction of sp³-hybridized carbons (Fsp3) is 0.273. The van der Waals surface area contributed by atoms with Gasteiger partial charge in [-0.05, 0) is 18.2 Å². The fourth-order valence-electron chi connectivity index (χ4n) is 1.26. The molecule has 0 atom stereocenters. The van der Waals surface area contributed by atoms with Crippen LogP contribution in [0, 0.1) is 5.82 Å². The normalized spacial score (nSPS) is 10.1. The number of carboxylic acid groups (broad SMARTS) is 1. The molecule has 0 fully saturated rings. The largest absolute Gasteiger partial charge is 0.481 e. The quantitative estimate of drug-likeness (QED) is 0.927. The highest BCUT2D eigenvalue weighted by molar-refractivity contribution is 9.10. The lowest BCUT2D eigenvalue weighted by atomic mass is 10.2. The molecule has 1 aromatic carbocycles. The van der Waals surface area contributed by atoms with E-state index >= 15 is 0 Å². The van der Waals surface area contributed by atoms with Crippen molar-refractivity contribution < 1.29 is 19.1 Å². The molecule has 6 heteroatoms. The molecular weight excluding hydrogens is 293 g/mol. The van der Waals surface area contributed by atoms with Crippen LogP contribution in [0.2, 0.25) is 0 Å². The van der Waals surface area contributed by atoms with E-state index in [0.29, 0.717) is 4.47 Å². The van der Waals surface area contributed by atoms with Crippen molar-refractivity contribution in [2.45, 2.75) is 6.42 Å². The van der Waals surface area contributed by atoms with E-state index in [0.717, 1.165) is 6.07 Å². The summed E-state index contributed by atoms with van der Waals surface area (Å²) in [6.45, 7) is 0.0856. The second kappa shape index (κ2) is 5.77. The van der Waals surface area contributed by atoms with Crippen molar-refractivity contribution in [1.29, 1.82) is 0 Å². The van der Waals surface area contributed by atoms with Crippen LogP contribution in [-0.4, -0.2) is 35.5 Å². The first kappa shape index (κ1) is 13.6. The molecule has 0 aromatic heterocycles. The van der Waals surface area contributed by atoms with Crippen LogP contribution in [0.25, 0.3) is 0 Å². The van der Waals surface area contributed by atoms with Crippen LogP contribution in [0.15, 0.2) is 22.7 Å². The maximum Gasteiger partial charge on any atom is 0.305 e. The maximum atomic E-state index is 13.1. The molecule has 0 saturated heterocycles. The van der Waals surface area contributed by atoms with Crippen LogP contribution in [0.5, 0.6) is 0 Å². The Kier molecular flexibility index (Phi) is 4.62. The van der Waals surface area contributed by atoms with Crippen molar-refractivity contribution in [3.05, 3.63) is 34.1 Å². The zero-order valence-electron chi connectivity index (χ0n) is 9.11. The number of carboxylic acids is 1. The number of nitrogens with zero attached hydrogens (tertiary/aromatic N) is 1. The van der Waals surface area contributed by atoms with Crippen molar-refractivity contribution in [3.63, 3.8) is 0 Å². The minimum atomic E-state index is -0.981. The molecule has 92 valence electrons. The topological polar surface area (TPSA) is 57.6 Å². The van der Waals surface area contributed by atoms with Crippen LogP contribution >= 0.6 is 15.9 Å². The smallest absolute Gasteiger partial charge is 0.305 e. The van der Waals surface area contributed by atoms with Gasteiger partial charge in [0, 0.05) is 23.6 Å². The van der Waals surface area contributed by atoms with Gasteiger partial charge in [-0.15, -0.1) is 0 Å². The lowest BCUT2D eigenvalue weighted by Crippen LogP contribution is -2.29. The number of carbonyl (C=O) groups is 2. The Morgan fingerprint density at radius 2 is 2.06 bits per heavy atom. The van der Waals surface area contributed by atoms with Crippen molar-refractivity contribution >= 4 is 27.8 Å². The summed E-state index contributed by atoms with van der Waals surface area (Å²) >= 11 is 3.09. The summed E-state index contributed by atoms with van der Waals surface area (Å²) in [6.07, 6.45) is -0.140. The van der Waals surface area contributed by atoms with Gasteiger partial charge < -0.3 is 10.0 Å². The van der Waals surface area contributed by atoms with Crippen LogP contribution in [-0.2, 0) is 4.79 Å². The van der Waals surface area contributed by atoms with Gasteiger partial charge in [-0.3, -0.25) is 9.59 Å². The first-order chi connectivity index (χ1) is 7.90. The van der Waals surface area contributed by atoms with Gasteiger partial charge in [0.05, 0.1) is 6.42 Å². The average Bonchev–Trinajstić information content (AvgIpc) is 2.23. The number of hydrogen-bond donors (Lipinski definition) is 1. The Hall–Kier alpha value is -1.43. The van der Waals surface area contributed by atoms with E-state index in [1.54, 1.807) is 0 Å². The van der Waals surface area contributed by atoms with Crippen LogP contribution in [0.1, 0.15) is 16.8 Å². The third kappa shape index (κ3) is 4.14. The Labute approximate surface area is 106 Å². The number of carbonyl (C=O) groups excluding carboxylic acids is 1. The Morgan fingerprint density at radius 3 is 2.59 bits per heavy atom.